The minimum absolute atomic E-state index is 0.889. The molecule has 40 heavy (non-hydrogen) atoms. The molecule has 0 radical (unpaired) electrons. The molecule has 4 nitrogen and oxygen atoms in total. The quantitative estimate of drug-likeness (QED) is 0.276. The molecule has 2 N–H and O–H groups in total. The van der Waals surface area contributed by atoms with Gasteiger partial charge in [-0.05, 0) is 162 Å². The number of nitrogens with one attached hydrogen (secondary N) is 2. The molecule has 0 unspecified atom stereocenters. The highest BCUT2D eigenvalue weighted by atomic mass is 79.9. The van der Waals surface area contributed by atoms with Crippen molar-refractivity contribution >= 4 is 108 Å². The second-order valence-corrected chi connectivity index (χ2v) is 13.6. The van der Waals surface area contributed by atoms with Crippen molar-refractivity contribution in [2.45, 2.75) is 81.1 Å². The maximum atomic E-state index is 5.27. The highest BCUT2D eigenvalue weighted by Crippen LogP contribution is 2.45. The number of aryl methyl sites for hydroxylation is 4. The molecule has 0 saturated heterocycles. The standard InChI is InChI=1S/C32H34Br4N4/c1-9-17-13(5)25-22(34)30-19(11-3)15(7)27(39-30)24(36)32-20(12-4)16(8)28(40-32)23(35)31-18(10-2)14(6)26(38-31)21(33)29(17)37-25/h37,40H,9-12H2,1-8H3. The lowest BCUT2D eigenvalue weighted by Gasteiger charge is -2.03. The van der Waals surface area contributed by atoms with Crippen LogP contribution in [-0.2, 0) is 12.8 Å². The number of hydrogen-bond acceptors (Lipinski definition) is 2. The molecule has 8 heteroatoms. The van der Waals surface area contributed by atoms with Gasteiger partial charge < -0.3 is 9.97 Å². The van der Waals surface area contributed by atoms with Crippen LogP contribution in [0.5, 0.6) is 0 Å². The summed E-state index contributed by atoms with van der Waals surface area (Å²) in [5, 5.41) is 0. The van der Waals surface area contributed by atoms with Crippen LogP contribution in [0.3, 0.4) is 0 Å². The monoisotopic (exact) mass is 790 g/mol. The molecule has 0 spiro atoms. The predicted molar refractivity (Wildman–Crippen MR) is 186 cm³/mol. The van der Waals surface area contributed by atoms with Crippen molar-refractivity contribution in [3.05, 3.63) is 62.9 Å². The summed E-state index contributed by atoms with van der Waals surface area (Å²) in [5.74, 6) is 0. The molecular formula is C32H34Br4N4. The molecule has 0 aromatic carbocycles. The van der Waals surface area contributed by atoms with Crippen molar-refractivity contribution in [2.24, 2.45) is 0 Å². The number of nitrogens with zero attached hydrogens (tertiary/aromatic N) is 2. The molecule has 2 aliphatic heterocycles. The molecule has 0 aliphatic carbocycles. The largest absolute Gasteiger partial charge is 0.353 e. The van der Waals surface area contributed by atoms with E-state index >= 15 is 0 Å². The summed E-state index contributed by atoms with van der Waals surface area (Å²) in [7, 11) is 0. The van der Waals surface area contributed by atoms with Crippen LogP contribution in [0, 0.1) is 13.8 Å². The van der Waals surface area contributed by atoms with Crippen LogP contribution in [-0.4, -0.2) is 19.9 Å². The molecule has 3 aromatic rings. The first-order valence-corrected chi connectivity index (χ1v) is 17.1. The van der Waals surface area contributed by atoms with Gasteiger partial charge in [0.15, 0.2) is 0 Å². The van der Waals surface area contributed by atoms with Crippen molar-refractivity contribution in [1.82, 2.24) is 19.9 Å². The van der Waals surface area contributed by atoms with Gasteiger partial charge in [0.2, 0.25) is 0 Å². The Morgan fingerprint density at radius 2 is 0.800 bits per heavy atom. The average molecular weight is 794 g/mol. The Bertz CT molecular complexity index is 1690. The SMILES string of the molecule is CCC1=C(C)c2nc1c(Br)c1[nH]c(c(Br)c3nc(c(Br)c4[nH]c(c2Br)c(CC)c4C)C(CC)=C3C)c(CC)c1C. The van der Waals surface area contributed by atoms with Gasteiger partial charge in [-0.3, -0.25) is 0 Å². The summed E-state index contributed by atoms with van der Waals surface area (Å²) in [6.07, 6.45) is 3.58. The van der Waals surface area contributed by atoms with E-state index in [0.29, 0.717) is 0 Å². The molecule has 2 aliphatic rings. The number of aromatic nitrogens is 4. The topological polar surface area (TPSA) is 57.4 Å². The fourth-order valence-electron chi connectivity index (χ4n) is 6.26. The Balaban J connectivity index is 2.15. The first-order chi connectivity index (χ1) is 19.0. The van der Waals surface area contributed by atoms with Gasteiger partial charge in [0.25, 0.3) is 0 Å². The zero-order valence-corrected chi connectivity index (χ0v) is 30.6. The normalized spacial score (nSPS) is 13.7. The Kier molecular flexibility index (Phi) is 8.48. The van der Waals surface area contributed by atoms with Crippen LogP contribution in [0.4, 0.5) is 0 Å². The van der Waals surface area contributed by atoms with E-state index in [2.05, 4.69) is 129 Å². The van der Waals surface area contributed by atoms with Crippen molar-refractivity contribution < 1.29 is 0 Å². The van der Waals surface area contributed by atoms with E-state index in [-0.39, 0.29) is 0 Å². The molecular weight excluding hydrogens is 760 g/mol. The molecule has 3 aromatic heterocycles. The highest BCUT2D eigenvalue weighted by molar-refractivity contribution is 9.11. The van der Waals surface area contributed by atoms with Crippen LogP contribution >= 0.6 is 63.7 Å². The number of fused-ring (bicyclic) bond motifs is 8. The van der Waals surface area contributed by atoms with E-state index in [9.17, 15) is 0 Å². The van der Waals surface area contributed by atoms with Crippen LogP contribution in [0.2, 0.25) is 0 Å². The average Bonchev–Trinajstić information content (AvgIpc) is 3.66. The summed E-state index contributed by atoms with van der Waals surface area (Å²) in [5.41, 5.74) is 18.1. The van der Waals surface area contributed by atoms with Crippen LogP contribution in [0.25, 0.3) is 44.4 Å². The van der Waals surface area contributed by atoms with Crippen molar-refractivity contribution in [3.8, 4) is 0 Å². The highest BCUT2D eigenvalue weighted by Gasteiger charge is 2.26. The molecule has 210 valence electrons. The number of aromatic amines is 2. The van der Waals surface area contributed by atoms with Gasteiger partial charge in [0.05, 0.1) is 62.7 Å². The van der Waals surface area contributed by atoms with Crippen molar-refractivity contribution in [3.63, 3.8) is 0 Å². The summed E-state index contributed by atoms with van der Waals surface area (Å²) in [4.78, 5) is 18.1. The Hall–Kier alpha value is -1.48. The third kappa shape index (κ3) is 4.38. The van der Waals surface area contributed by atoms with Crippen molar-refractivity contribution in [1.29, 1.82) is 0 Å². The fraction of sp³-hybridized carbons (Fsp3) is 0.375. The third-order valence-corrected chi connectivity index (χ3v) is 11.6. The summed E-state index contributed by atoms with van der Waals surface area (Å²) in [6, 6.07) is 0. The second kappa shape index (κ2) is 11.3. The van der Waals surface area contributed by atoms with E-state index in [1.807, 2.05) is 0 Å². The first-order valence-electron chi connectivity index (χ1n) is 13.9. The van der Waals surface area contributed by atoms with E-state index in [0.717, 1.165) is 88.4 Å². The fourth-order valence-corrected chi connectivity index (χ4v) is 9.16. The number of H-pyrrole nitrogens is 2. The van der Waals surface area contributed by atoms with E-state index in [1.54, 1.807) is 0 Å². The number of hydrogen-bond donors (Lipinski definition) is 2. The number of rotatable bonds is 4. The third-order valence-electron chi connectivity index (χ3n) is 8.52. The van der Waals surface area contributed by atoms with Gasteiger partial charge in [-0.15, -0.1) is 0 Å². The van der Waals surface area contributed by atoms with Crippen LogP contribution in [0.1, 0.15) is 99.4 Å². The summed E-state index contributed by atoms with van der Waals surface area (Å²) < 4.78 is 3.95. The zero-order chi connectivity index (χ0) is 29.2. The molecule has 0 fully saturated rings. The first kappa shape index (κ1) is 30.0. The predicted octanol–water partition coefficient (Wildman–Crippen LogP) is 11.8. The van der Waals surface area contributed by atoms with E-state index in [1.165, 1.54) is 44.5 Å². The maximum Gasteiger partial charge on any atom is 0.0836 e. The van der Waals surface area contributed by atoms with Gasteiger partial charge in [0.1, 0.15) is 0 Å². The Morgan fingerprint density at radius 1 is 0.475 bits per heavy atom. The van der Waals surface area contributed by atoms with Crippen LogP contribution < -0.4 is 0 Å². The Morgan fingerprint density at radius 3 is 1.10 bits per heavy atom. The molecule has 0 amide bonds. The Labute approximate surface area is 270 Å². The summed E-state index contributed by atoms with van der Waals surface area (Å²) in [6.45, 7) is 17.6. The van der Waals surface area contributed by atoms with Gasteiger partial charge in [0, 0.05) is 0 Å². The molecule has 0 atom stereocenters. The second-order valence-electron chi connectivity index (χ2n) is 10.5. The molecule has 5 heterocycles. The maximum absolute atomic E-state index is 5.27. The van der Waals surface area contributed by atoms with E-state index < -0.39 is 0 Å². The van der Waals surface area contributed by atoms with Gasteiger partial charge in [-0.1, -0.05) is 27.7 Å². The minimum Gasteiger partial charge on any atom is -0.353 e. The van der Waals surface area contributed by atoms with Gasteiger partial charge >= 0.3 is 0 Å². The van der Waals surface area contributed by atoms with Gasteiger partial charge in [-0.2, -0.15) is 0 Å². The van der Waals surface area contributed by atoms with Crippen LogP contribution in [0.15, 0.2) is 17.9 Å². The smallest absolute Gasteiger partial charge is 0.0836 e. The zero-order valence-electron chi connectivity index (χ0n) is 24.2. The summed E-state index contributed by atoms with van der Waals surface area (Å²) >= 11 is 16.0. The lowest BCUT2D eigenvalue weighted by Crippen LogP contribution is -1.86. The number of allylic oxidation sites excluding steroid dienone is 4. The van der Waals surface area contributed by atoms with Crippen molar-refractivity contribution in [2.75, 3.05) is 0 Å². The number of halogens is 4. The molecule has 8 bridgehead atoms. The lowest BCUT2D eigenvalue weighted by atomic mass is 10.0. The molecule has 5 rings (SSSR count). The van der Waals surface area contributed by atoms with Gasteiger partial charge in [-0.25, -0.2) is 9.97 Å². The lowest BCUT2D eigenvalue weighted by molar-refractivity contribution is 1.14. The molecule has 0 saturated carbocycles. The van der Waals surface area contributed by atoms with E-state index in [4.69, 9.17) is 9.97 Å². The minimum atomic E-state index is 0.889.